The maximum absolute atomic E-state index is 11.9. The van der Waals surface area contributed by atoms with Crippen LogP contribution >= 0.6 is 11.3 Å². The van der Waals surface area contributed by atoms with Gasteiger partial charge < -0.3 is 4.74 Å². The maximum Gasteiger partial charge on any atom is 0.306 e. The monoisotopic (exact) mass is 297 g/mol. The number of Topliss-reactive ketones (excluding diaryl/α,β-unsaturated/α-hetero) is 1. The summed E-state index contributed by atoms with van der Waals surface area (Å²) in [5.74, 6) is -0.210. The van der Waals surface area contributed by atoms with E-state index in [-0.39, 0.29) is 24.6 Å². The van der Waals surface area contributed by atoms with Gasteiger partial charge in [-0.05, 0) is 32.2 Å². The molecule has 112 valence electrons. The van der Waals surface area contributed by atoms with Crippen molar-refractivity contribution in [2.24, 2.45) is 0 Å². The first-order valence-corrected chi connectivity index (χ1v) is 7.84. The van der Waals surface area contributed by atoms with Crippen molar-refractivity contribution in [1.82, 2.24) is 4.90 Å². The zero-order chi connectivity index (χ0) is 15.0. The second kappa shape index (κ2) is 8.87. The minimum absolute atomic E-state index is 0.0864. The topological polar surface area (TPSA) is 46.6 Å². The van der Waals surface area contributed by atoms with Crippen LogP contribution in [0.4, 0.5) is 0 Å². The molecule has 1 heterocycles. The summed E-state index contributed by atoms with van der Waals surface area (Å²) in [6.45, 7) is 7.44. The summed E-state index contributed by atoms with van der Waals surface area (Å²) in [6.07, 6.45) is 0.435. The predicted octanol–water partition coefficient (Wildman–Crippen LogP) is 2.87. The molecule has 0 saturated carbocycles. The van der Waals surface area contributed by atoms with Crippen LogP contribution in [0, 0.1) is 0 Å². The van der Waals surface area contributed by atoms with Gasteiger partial charge in [0.25, 0.3) is 0 Å². The van der Waals surface area contributed by atoms with Crippen molar-refractivity contribution in [2.75, 3.05) is 13.2 Å². The fourth-order valence-electron chi connectivity index (χ4n) is 1.80. The number of carbonyl (C=O) groups is 2. The third kappa shape index (κ3) is 6.30. The van der Waals surface area contributed by atoms with Gasteiger partial charge in [0.05, 0.1) is 19.6 Å². The molecular formula is C15H23NO3S. The Morgan fingerprint density at radius 2 is 2.10 bits per heavy atom. The van der Waals surface area contributed by atoms with E-state index in [1.165, 1.54) is 4.88 Å². The number of thiophene rings is 1. The van der Waals surface area contributed by atoms with Crippen LogP contribution in [0.25, 0.3) is 0 Å². The number of hydrogen-bond donors (Lipinski definition) is 0. The van der Waals surface area contributed by atoms with Crippen molar-refractivity contribution in [1.29, 1.82) is 0 Å². The van der Waals surface area contributed by atoms with Crippen LogP contribution in [-0.4, -0.2) is 35.8 Å². The van der Waals surface area contributed by atoms with E-state index in [9.17, 15) is 9.59 Å². The molecule has 4 nitrogen and oxygen atoms in total. The molecule has 5 heteroatoms. The van der Waals surface area contributed by atoms with Crippen LogP contribution in [0.15, 0.2) is 17.5 Å². The van der Waals surface area contributed by atoms with Crippen molar-refractivity contribution >= 4 is 23.1 Å². The molecule has 0 aliphatic heterocycles. The summed E-state index contributed by atoms with van der Waals surface area (Å²) in [5.41, 5.74) is 0. The number of hydrogen-bond acceptors (Lipinski definition) is 5. The zero-order valence-electron chi connectivity index (χ0n) is 12.4. The Morgan fingerprint density at radius 1 is 1.35 bits per heavy atom. The van der Waals surface area contributed by atoms with Gasteiger partial charge in [-0.25, -0.2) is 0 Å². The smallest absolute Gasteiger partial charge is 0.306 e. The van der Waals surface area contributed by atoms with E-state index in [0.29, 0.717) is 19.2 Å². The van der Waals surface area contributed by atoms with Crippen LogP contribution in [0.2, 0.25) is 0 Å². The van der Waals surface area contributed by atoms with Gasteiger partial charge in [-0.15, -0.1) is 11.3 Å². The Hall–Kier alpha value is -1.20. The lowest BCUT2D eigenvalue weighted by Gasteiger charge is -2.25. The van der Waals surface area contributed by atoms with Crippen molar-refractivity contribution in [3.63, 3.8) is 0 Å². The van der Waals surface area contributed by atoms with Crippen LogP contribution in [-0.2, 0) is 20.9 Å². The van der Waals surface area contributed by atoms with Gasteiger partial charge in [-0.3, -0.25) is 14.5 Å². The van der Waals surface area contributed by atoms with Crippen molar-refractivity contribution < 1.29 is 14.3 Å². The number of carbonyl (C=O) groups excluding carboxylic acids is 2. The van der Waals surface area contributed by atoms with Gasteiger partial charge in [-0.2, -0.15) is 0 Å². The van der Waals surface area contributed by atoms with Crippen LogP contribution < -0.4 is 0 Å². The molecule has 1 aromatic heterocycles. The molecular weight excluding hydrogens is 274 g/mol. The van der Waals surface area contributed by atoms with E-state index < -0.39 is 0 Å². The van der Waals surface area contributed by atoms with Crippen molar-refractivity contribution in [3.8, 4) is 0 Å². The molecule has 0 unspecified atom stereocenters. The van der Waals surface area contributed by atoms with Crippen molar-refractivity contribution in [2.45, 2.75) is 46.2 Å². The van der Waals surface area contributed by atoms with E-state index in [1.807, 2.05) is 11.4 Å². The SMILES string of the molecule is CCOC(=O)CCC(=O)CN(Cc1cccs1)C(C)C. The lowest BCUT2D eigenvalue weighted by atomic mass is 10.2. The predicted molar refractivity (Wildman–Crippen MR) is 80.7 cm³/mol. The first-order chi connectivity index (χ1) is 9.52. The third-order valence-electron chi connectivity index (χ3n) is 2.96. The Balaban J connectivity index is 2.41. The minimum atomic E-state index is -0.296. The van der Waals surface area contributed by atoms with E-state index in [4.69, 9.17) is 4.74 Å². The highest BCUT2D eigenvalue weighted by Gasteiger charge is 2.16. The zero-order valence-corrected chi connectivity index (χ0v) is 13.2. The molecule has 0 fully saturated rings. The quantitative estimate of drug-likeness (QED) is 0.658. The normalized spacial score (nSPS) is 11.1. The Labute approximate surface area is 124 Å². The average Bonchev–Trinajstić information content (AvgIpc) is 2.89. The molecule has 0 N–H and O–H groups in total. The van der Waals surface area contributed by atoms with Gasteiger partial charge in [-0.1, -0.05) is 6.07 Å². The largest absolute Gasteiger partial charge is 0.466 e. The lowest BCUT2D eigenvalue weighted by Crippen LogP contribution is -2.35. The minimum Gasteiger partial charge on any atom is -0.466 e. The van der Waals surface area contributed by atoms with Gasteiger partial charge >= 0.3 is 5.97 Å². The summed E-state index contributed by atoms with van der Waals surface area (Å²) >= 11 is 1.69. The molecule has 20 heavy (non-hydrogen) atoms. The van der Waals surface area contributed by atoms with E-state index in [0.717, 1.165) is 6.54 Å². The molecule has 0 amide bonds. The second-order valence-corrected chi connectivity index (χ2v) is 5.95. The van der Waals surface area contributed by atoms with E-state index in [1.54, 1.807) is 18.3 Å². The van der Waals surface area contributed by atoms with Crippen LogP contribution in [0.3, 0.4) is 0 Å². The number of nitrogens with zero attached hydrogens (tertiary/aromatic N) is 1. The third-order valence-corrected chi connectivity index (χ3v) is 3.82. The molecule has 0 aliphatic rings. The Morgan fingerprint density at radius 3 is 2.65 bits per heavy atom. The fraction of sp³-hybridized carbons (Fsp3) is 0.600. The molecule has 0 radical (unpaired) electrons. The molecule has 0 aliphatic carbocycles. The Bertz CT molecular complexity index is 415. The first kappa shape index (κ1) is 16.9. The number of rotatable bonds is 9. The molecule has 0 saturated heterocycles. The highest BCUT2D eigenvalue weighted by atomic mass is 32.1. The van der Waals surface area contributed by atoms with Crippen LogP contribution in [0.1, 0.15) is 38.5 Å². The highest BCUT2D eigenvalue weighted by molar-refractivity contribution is 7.09. The van der Waals surface area contributed by atoms with Gasteiger partial charge in [0.15, 0.2) is 0 Å². The summed E-state index contributed by atoms with van der Waals surface area (Å²) in [7, 11) is 0. The standard InChI is InChI=1S/C15H23NO3S/c1-4-19-15(18)8-7-13(17)10-16(12(2)3)11-14-6-5-9-20-14/h5-6,9,12H,4,7-8,10-11H2,1-3H3. The molecule has 1 aromatic rings. The first-order valence-electron chi connectivity index (χ1n) is 6.96. The molecule has 0 spiro atoms. The second-order valence-electron chi connectivity index (χ2n) is 4.92. The maximum atomic E-state index is 11.9. The summed E-state index contributed by atoms with van der Waals surface area (Å²) in [4.78, 5) is 26.6. The molecule has 1 rings (SSSR count). The highest BCUT2D eigenvalue weighted by Crippen LogP contribution is 2.14. The fourth-order valence-corrected chi connectivity index (χ4v) is 2.53. The summed E-state index contributed by atoms with van der Waals surface area (Å²) in [6, 6.07) is 4.38. The van der Waals surface area contributed by atoms with Crippen LogP contribution in [0.5, 0.6) is 0 Å². The summed E-state index contributed by atoms with van der Waals surface area (Å²) in [5, 5.41) is 2.04. The lowest BCUT2D eigenvalue weighted by molar-refractivity contribution is -0.144. The average molecular weight is 297 g/mol. The molecule has 0 bridgehead atoms. The summed E-state index contributed by atoms with van der Waals surface area (Å²) < 4.78 is 4.83. The van der Waals surface area contributed by atoms with E-state index in [2.05, 4.69) is 24.8 Å². The number of esters is 1. The van der Waals surface area contributed by atoms with Crippen molar-refractivity contribution in [3.05, 3.63) is 22.4 Å². The number of ketones is 1. The molecule has 0 aromatic carbocycles. The van der Waals surface area contributed by atoms with Gasteiger partial charge in [0, 0.05) is 23.9 Å². The van der Waals surface area contributed by atoms with Gasteiger partial charge in [0.1, 0.15) is 5.78 Å². The number of ether oxygens (including phenoxy) is 1. The van der Waals surface area contributed by atoms with Gasteiger partial charge in [0.2, 0.25) is 0 Å². The molecule has 0 atom stereocenters. The van der Waals surface area contributed by atoms with E-state index >= 15 is 0 Å². The Kier molecular flexibility index (Phi) is 7.47.